The highest BCUT2D eigenvalue weighted by molar-refractivity contribution is 5.79. The summed E-state index contributed by atoms with van der Waals surface area (Å²) >= 11 is 0. The lowest BCUT2D eigenvalue weighted by Gasteiger charge is -2.28. The van der Waals surface area contributed by atoms with Crippen LogP contribution in [0, 0.1) is 6.92 Å². The highest BCUT2D eigenvalue weighted by atomic mass is 16.6. The quantitative estimate of drug-likeness (QED) is 0.391. The van der Waals surface area contributed by atoms with Gasteiger partial charge in [0.2, 0.25) is 0 Å². The number of hydrogen-bond acceptors (Lipinski definition) is 4. The number of esters is 1. The maximum Gasteiger partial charge on any atom is 0.331 e. The van der Waals surface area contributed by atoms with Crippen LogP contribution in [0.15, 0.2) is 85.3 Å². The van der Waals surface area contributed by atoms with Gasteiger partial charge in [0.25, 0.3) is 0 Å². The summed E-state index contributed by atoms with van der Waals surface area (Å²) in [5.41, 5.74) is 7.32. The number of carbonyl (C=O) groups is 1. The zero-order valence-corrected chi connectivity index (χ0v) is 18.5. The van der Waals surface area contributed by atoms with Gasteiger partial charge in [-0.25, -0.2) is 4.79 Å². The molecule has 3 aromatic carbocycles. The van der Waals surface area contributed by atoms with Gasteiger partial charge in [-0.1, -0.05) is 78.4 Å². The highest BCUT2D eigenvalue weighted by Gasteiger charge is 2.41. The molecule has 162 valence electrons. The largest absolute Gasteiger partial charge is 0.478 e. The van der Waals surface area contributed by atoms with Crippen molar-refractivity contribution in [1.82, 2.24) is 4.90 Å². The molecule has 0 N–H and O–H groups in total. The standard InChI is InChI=1S/C28H27NO3/c1-18-12-14-21(15-13-18)16-27-28(30)32-20(3)29(27)19(2)31-17-26-24-10-6-4-8-22(24)23-9-5-7-11-25(23)26/h4-15,20,26-27H,2,16-17H2,1,3H3/t20?,27-/m0/s1. The van der Waals surface area contributed by atoms with Crippen molar-refractivity contribution < 1.29 is 14.3 Å². The van der Waals surface area contributed by atoms with Crippen molar-refractivity contribution in [3.05, 3.63) is 108 Å². The summed E-state index contributed by atoms with van der Waals surface area (Å²) in [6.45, 7) is 8.55. The number of nitrogens with zero attached hydrogens (tertiary/aromatic N) is 1. The smallest absolute Gasteiger partial charge is 0.331 e. The van der Waals surface area contributed by atoms with Gasteiger partial charge < -0.3 is 9.47 Å². The van der Waals surface area contributed by atoms with E-state index in [2.05, 4.69) is 86.3 Å². The lowest BCUT2D eigenvalue weighted by molar-refractivity contribution is -0.142. The Balaban J connectivity index is 1.34. The molecule has 0 bridgehead atoms. The molecule has 0 saturated carbocycles. The molecule has 0 amide bonds. The lowest BCUT2D eigenvalue weighted by atomic mass is 9.98. The minimum atomic E-state index is -0.441. The van der Waals surface area contributed by atoms with Crippen molar-refractivity contribution in [2.24, 2.45) is 0 Å². The Morgan fingerprint density at radius 1 is 0.969 bits per heavy atom. The second kappa shape index (κ2) is 8.19. The molecule has 3 aromatic rings. The fourth-order valence-electron chi connectivity index (χ4n) is 4.87. The fourth-order valence-corrected chi connectivity index (χ4v) is 4.87. The van der Waals surface area contributed by atoms with E-state index in [0.29, 0.717) is 18.9 Å². The molecule has 4 nitrogen and oxygen atoms in total. The summed E-state index contributed by atoms with van der Waals surface area (Å²) in [7, 11) is 0. The normalized spacial score (nSPS) is 19.4. The van der Waals surface area contributed by atoms with Gasteiger partial charge in [0.1, 0.15) is 12.6 Å². The number of benzene rings is 3. The van der Waals surface area contributed by atoms with Crippen molar-refractivity contribution in [1.29, 1.82) is 0 Å². The van der Waals surface area contributed by atoms with Gasteiger partial charge in [-0.05, 0) is 48.2 Å². The van der Waals surface area contributed by atoms with Crippen LogP contribution in [0.4, 0.5) is 0 Å². The van der Waals surface area contributed by atoms with Crippen molar-refractivity contribution in [2.45, 2.75) is 38.5 Å². The third-order valence-corrected chi connectivity index (χ3v) is 6.50. The van der Waals surface area contributed by atoms with Crippen LogP contribution in [-0.2, 0) is 20.7 Å². The fraction of sp³-hybridized carbons (Fsp3) is 0.250. The molecular formula is C28H27NO3. The Morgan fingerprint density at radius 2 is 1.56 bits per heavy atom. The molecule has 4 heteroatoms. The van der Waals surface area contributed by atoms with Gasteiger partial charge in [0, 0.05) is 12.3 Å². The molecule has 1 unspecified atom stereocenters. The average molecular weight is 426 g/mol. The zero-order valence-electron chi connectivity index (χ0n) is 18.5. The Bertz CT molecular complexity index is 1120. The van der Waals surface area contributed by atoms with Gasteiger partial charge in [-0.2, -0.15) is 0 Å². The summed E-state index contributed by atoms with van der Waals surface area (Å²) in [6.07, 6.45) is 0.148. The van der Waals surface area contributed by atoms with Crippen LogP contribution in [0.5, 0.6) is 0 Å². The first-order chi connectivity index (χ1) is 15.5. The lowest BCUT2D eigenvalue weighted by Crippen LogP contribution is -2.38. The third-order valence-electron chi connectivity index (χ3n) is 6.50. The highest BCUT2D eigenvalue weighted by Crippen LogP contribution is 2.44. The summed E-state index contributed by atoms with van der Waals surface area (Å²) < 4.78 is 11.8. The number of fused-ring (bicyclic) bond motifs is 3. The number of ether oxygens (including phenoxy) is 2. The van der Waals surface area contributed by atoms with Crippen molar-refractivity contribution in [2.75, 3.05) is 6.61 Å². The molecule has 1 heterocycles. The number of carbonyl (C=O) groups excluding carboxylic acids is 1. The Kier molecular flexibility index (Phi) is 5.22. The maximum absolute atomic E-state index is 12.6. The molecule has 1 aliphatic heterocycles. The Morgan fingerprint density at radius 3 is 2.19 bits per heavy atom. The average Bonchev–Trinajstić information content (AvgIpc) is 3.27. The predicted molar refractivity (Wildman–Crippen MR) is 125 cm³/mol. The van der Waals surface area contributed by atoms with Crippen LogP contribution in [0.1, 0.15) is 35.1 Å². The molecule has 0 radical (unpaired) electrons. The summed E-state index contributed by atoms with van der Waals surface area (Å²) in [4.78, 5) is 14.5. The molecule has 1 saturated heterocycles. The van der Waals surface area contributed by atoms with Crippen LogP contribution >= 0.6 is 0 Å². The summed E-state index contributed by atoms with van der Waals surface area (Å²) in [5.74, 6) is 0.367. The zero-order chi connectivity index (χ0) is 22.2. The van der Waals surface area contributed by atoms with Crippen LogP contribution in [0.3, 0.4) is 0 Å². The van der Waals surface area contributed by atoms with Crippen molar-refractivity contribution >= 4 is 5.97 Å². The van der Waals surface area contributed by atoms with E-state index in [9.17, 15) is 4.79 Å². The SMILES string of the molecule is C=C(OCC1c2ccccc2-c2ccccc21)N1C(C)OC(=O)[C@@H]1Cc1ccc(C)cc1. The van der Waals surface area contributed by atoms with E-state index in [1.165, 1.54) is 27.8 Å². The molecule has 1 aliphatic carbocycles. The van der Waals surface area contributed by atoms with Gasteiger partial charge in [-0.15, -0.1) is 0 Å². The van der Waals surface area contributed by atoms with Crippen molar-refractivity contribution in [3.63, 3.8) is 0 Å². The first-order valence-corrected chi connectivity index (χ1v) is 11.1. The second-order valence-corrected chi connectivity index (χ2v) is 8.58. The number of hydrogen-bond donors (Lipinski definition) is 0. The van der Waals surface area contributed by atoms with E-state index in [0.717, 1.165) is 5.56 Å². The molecule has 32 heavy (non-hydrogen) atoms. The summed E-state index contributed by atoms with van der Waals surface area (Å²) in [5, 5.41) is 0. The van der Waals surface area contributed by atoms with Crippen LogP contribution in [0.25, 0.3) is 11.1 Å². The first-order valence-electron chi connectivity index (χ1n) is 11.1. The molecule has 5 rings (SSSR count). The molecular weight excluding hydrogens is 398 g/mol. The van der Waals surface area contributed by atoms with E-state index in [1.54, 1.807) is 0 Å². The van der Waals surface area contributed by atoms with Gasteiger partial charge >= 0.3 is 5.97 Å². The van der Waals surface area contributed by atoms with E-state index < -0.39 is 12.3 Å². The summed E-state index contributed by atoms with van der Waals surface area (Å²) in [6, 6.07) is 24.7. The Labute approximate surface area is 189 Å². The predicted octanol–water partition coefficient (Wildman–Crippen LogP) is 5.41. The van der Waals surface area contributed by atoms with E-state index in [4.69, 9.17) is 9.47 Å². The second-order valence-electron chi connectivity index (χ2n) is 8.58. The molecule has 2 atom stereocenters. The van der Waals surface area contributed by atoms with E-state index in [-0.39, 0.29) is 11.9 Å². The van der Waals surface area contributed by atoms with Crippen molar-refractivity contribution in [3.8, 4) is 11.1 Å². The molecule has 2 aliphatic rings. The maximum atomic E-state index is 12.6. The molecule has 1 fully saturated rings. The van der Waals surface area contributed by atoms with Gasteiger partial charge in [-0.3, -0.25) is 4.90 Å². The van der Waals surface area contributed by atoms with Gasteiger partial charge in [0.15, 0.2) is 12.1 Å². The van der Waals surface area contributed by atoms with Crippen LogP contribution < -0.4 is 0 Å². The molecule has 0 spiro atoms. The first kappa shape index (κ1) is 20.4. The Hall–Kier alpha value is -3.53. The minimum absolute atomic E-state index is 0.129. The topological polar surface area (TPSA) is 38.8 Å². The minimum Gasteiger partial charge on any atom is -0.478 e. The van der Waals surface area contributed by atoms with Crippen LogP contribution in [0.2, 0.25) is 0 Å². The third kappa shape index (κ3) is 3.56. The van der Waals surface area contributed by atoms with E-state index >= 15 is 0 Å². The molecule has 0 aromatic heterocycles. The number of rotatable bonds is 6. The van der Waals surface area contributed by atoms with Crippen LogP contribution in [-0.4, -0.2) is 29.7 Å². The van der Waals surface area contributed by atoms with E-state index in [1.807, 2.05) is 11.8 Å². The number of cyclic esters (lactones) is 1. The van der Waals surface area contributed by atoms with Gasteiger partial charge in [0.05, 0.1) is 0 Å². The monoisotopic (exact) mass is 425 g/mol. The number of aryl methyl sites for hydroxylation is 1.